The number of carbonyl (C=O) groups is 1. The quantitative estimate of drug-likeness (QED) is 0.363. The first kappa shape index (κ1) is 23.6. The molecule has 0 fully saturated rings. The number of aliphatic hydroxyl groups is 1. The van der Waals surface area contributed by atoms with Gasteiger partial charge < -0.3 is 15.7 Å². The maximum atomic E-state index is 13.9. The summed E-state index contributed by atoms with van der Waals surface area (Å²) < 4.78 is 43.3. The summed E-state index contributed by atoms with van der Waals surface area (Å²) in [5.74, 6) is -0.803. The fraction of sp³-hybridized carbons (Fsp3) is 0.273. The predicted octanol–water partition coefficient (Wildman–Crippen LogP) is 6.26. The molecular formula is C22H19BrClF3N4O2. The summed E-state index contributed by atoms with van der Waals surface area (Å²) in [6.07, 6.45) is -5.57. The topological polar surface area (TPSA) is 79.2 Å². The van der Waals surface area contributed by atoms with Gasteiger partial charge in [0, 0.05) is 16.6 Å². The first-order valence-corrected chi connectivity index (χ1v) is 11.2. The highest BCUT2D eigenvalue weighted by Crippen LogP contribution is 2.46. The van der Waals surface area contributed by atoms with Gasteiger partial charge in [0.2, 0.25) is 0 Å². The molecule has 0 radical (unpaired) electrons. The minimum atomic E-state index is -4.59. The molecule has 0 bridgehead atoms. The molecule has 0 spiro atoms. The first-order chi connectivity index (χ1) is 15.5. The van der Waals surface area contributed by atoms with E-state index in [1.807, 2.05) is 0 Å². The van der Waals surface area contributed by atoms with Crippen LogP contribution in [0.1, 0.15) is 53.1 Å². The number of nitrogens with one attached hydrogen (secondary N) is 2. The highest BCUT2D eigenvalue weighted by atomic mass is 79.9. The predicted molar refractivity (Wildman–Crippen MR) is 122 cm³/mol. The average molecular weight is 544 g/mol. The van der Waals surface area contributed by atoms with Gasteiger partial charge in [-0.3, -0.25) is 4.79 Å². The SMILES string of the molecule is C[C@@H](O)c1ccc(NC(=O)c2nn3c(c2Cl)N[C@@H](c2ccc(Br)cc2)C[C@H]3C(F)(F)F)cc1. The molecule has 1 amide bonds. The second-order valence-corrected chi connectivity index (χ2v) is 9.04. The number of rotatable bonds is 4. The van der Waals surface area contributed by atoms with Crippen molar-refractivity contribution in [3.63, 3.8) is 0 Å². The van der Waals surface area contributed by atoms with E-state index in [0.717, 1.165) is 9.15 Å². The molecule has 174 valence electrons. The smallest absolute Gasteiger partial charge is 0.389 e. The molecule has 0 saturated carbocycles. The van der Waals surface area contributed by atoms with Crippen molar-refractivity contribution in [2.45, 2.75) is 37.7 Å². The summed E-state index contributed by atoms with van der Waals surface area (Å²) in [5.41, 5.74) is 1.38. The number of hydrogen-bond acceptors (Lipinski definition) is 4. The van der Waals surface area contributed by atoms with Gasteiger partial charge in [-0.25, -0.2) is 4.68 Å². The van der Waals surface area contributed by atoms with Crippen molar-refractivity contribution in [1.82, 2.24) is 9.78 Å². The normalized spacial score (nSPS) is 18.9. The number of amides is 1. The van der Waals surface area contributed by atoms with Crippen LogP contribution in [0.2, 0.25) is 5.02 Å². The minimum absolute atomic E-state index is 0.0623. The largest absolute Gasteiger partial charge is 0.410 e. The molecule has 0 saturated heterocycles. The number of alkyl halides is 3. The monoisotopic (exact) mass is 542 g/mol. The molecule has 2 aromatic carbocycles. The van der Waals surface area contributed by atoms with Crippen molar-refractivity contribution in [3.8, 4) is 0 Å². The van der Waals surface area contributed by atoms with Crippen molar-refractivity contribution in [2.75, 3.05) is 10.6 Å². The van der Waals surface area contributed by atoms with Crippen LogP contribution in [0.4, 0.5) is 24.7 Å². The second-order valence-electron chi connectivity index (χ2n) is 7.75. The summed E-state index contributed by atoms with van der Waals surface area (Å²) in [7, 11) is 0. The van der Waals surface area contributed by atoms with E-state index >= 15 is 0 Å². The van der Waals surface area contributed by atoms with Gasteiger partial charge in [-0.2, -0.15) is 18.3 Å². The Hall–Kier alpha value is -2.56. The van der Waals surface area contributed by atoms with Gasteiger partial charge in [0.15, 0.2) is 11.7 Å². The Morgan fingerprint density at radius 3 is 2.45 bits per heavy atom. The summed E-state index contributed by atoms with van der Waals surface area (Å²) in [6.45, 7) is 1.61. The molecular weight excluding hydrogens is 525 g/mol. The molecule has 1 aromatic heterocycles. The number of halogens is 5. The Kier molecular flexibility index (Phi) is 6.43. The van der Waals surface area contributed by atoms with Crippen molar-refractivity contribution in [3.05, 3.63) is 74.8 Å². The van der Waals surface area contributed by atoms with Gasteiger partial charge >= 0.3 is 6.18 Å². The summed E-state index contributed by atoms with van der Waals surface area (Å²) in [4.78, 5) is 12.8. The standard InChI is InChI=1S/C22H19BrClF3N4O2/c1-11(32)12-4-8-15(9-5-12)28-21(33)19-18(24)20-29-16(13-2-6-14(23)7-3-13)10-17(22(25,26)27)31(20)30-19/h2-9,11,16-17,29,32H,10H2,1H3,(H,28,33)/t11-,16-,17+/m1/s1. The maximum Gasteiger partial charge on any atom is 0.410 e. The van der Waals surface area contributed by atoms with Gasteiger partial charge in [-0.1, -0.05) is 51.8 Å². The fourth-order valence-corrected chi connectivity index (χ4v) is 4.21. The van der Waals surface area contributed by atoms with Crippen LogP contribution in [0, 0.1) is 0 Å². The summed E-state index contributed by atoms with van der Waals surface area (Å²) >= 11 is 9.66. The van der Waals surface area contributed by atoms with Crippen LogP contribution >= 0.6 is 27.5 Å². The number of nitrogens with zero attached hydrogens (tertiary/aromatic N) is 2. The average Bonchev–Trinajstić information content (AvgIpc) is 3.10. The van der Waals surface area contributed by atoms with Crippen molar-refractivity contribution in [1.29, 1.82) is 0 Å². The molecule has 0 aliphatic carbocycles. The molecule has 6 nitrogen and oxygen atoms in total. The van der Waals surface area contributed by atoms with Crippen LogP contribution in [0.25, 0.3) is 0 Å². The highest BCUT2D eigenvalue weighted by Gasteiger charge is 2.47. The molecule has 0 unspecified atom stereocenters. The Bertz CT molecular complexity index is 1160. The first-order valence-electron chi connectivity index (χ1n) is 10.0. The van der Waals surface area contributed by atoms with E-state index in [0.29, 0.717) is 16.8 Å². The van der Waals surface area contributed by atoms with Gasteiger partial charge in [-0.05, 0) is 42.3 Å². The van der Waals surface area contributed by atoms with Crippen molar-refractivity contribution >= 4 is 44.9 Å². The Labute approximate surface area is 200 Å². The molecule has 4 rings (SSSR count). The van der Waals surface area contributed by atoms with E-state index in [1.54, 1.807) is 55.5 Å². The summed E-state index contributed by atoms with van der Waals surface area (Å²) in [5, 5.41) is 18.9. The van der Waals surface area contributed by atoms with Crippen molar-refractivity contribution in [2.24, 2.45) is 0 Å². The highest BCUT2D eigenvalue weighted by molar-refractivity contribution is 9.10. The maximum absolute atomic E-state index is 13.9. The third-order valence-corrected chi connectivity index (χ3v) is 6.32. The molecule has 2 heterocycles. The van der Waals surface area contributed by atoms with Gasteiger partial charge in [0.25, 0.3) is 5.91 Å². The molecule has 3 aromatic rings. The number of anilines is 2. The van der Waals surface area contributed by atoms with Crippen LogP contribution in [0.3, 0.4) is 0 Å². The van der Waals surface area contributed by atoms with Gasteiger partial charge in [-0.15, -0.1) is 0 Å². The van der Waals surface area contributed by atoms with Crippen LogP contribution in [-0.4, -0.2) is 27.0 Å². The van der Waals surface area contributed by atoms with Crippen LogP contribution in [0.5, 0.6) is 0 Å². The van der Waals surface area contributed by atoms with E-state index in [2.05, 4.69) is 31.7 Å². The van der Waals surface area contributed by atoms with Crippen LogP contribution in [0.15, 0.2) is 53.0 Å². The minimum Gasteiger partial charge on any atom is -0.389 e. The Morgan fingerprint density at radius 1 is 1.24 bits per heavy atom. The second kappa shape index (κ2) is 9.00. The summed E-state index contributed by atoms with van der Waals surface area (Å²) in [6, 6.07) is 10.7. The lowest BCUT2D eigenvalue weighted by Gasteiger charge is -2.33. The molecule has 3 atom stereocenters. The van der Waals surface area contributed by atoms with Crippen LogP contribution < -0.4 is 10.6 Å². The van der Waals surface area contributed by atoms with E-state index in [1.165, 1.54) is 0 Å². The van der Waals surface area contributed by atoms with Crippen molar-refractivity contribution < 1.29 is 23.1 Å². The number of aliphatic hydroxyl groups excluding tert-OH is 1. The Morgan fingerprint density at radius 2 is 1.88 bits per heavy atom. The zero-order valence-corrected chi connectivity index (χ0v) is 19.5. The number of aromatic nitrogens is 2. The van der Waals surface area contributed by atoms with Gasteiger partial charge in [0.05, 0.1) is 12.1 Å². The number of carbonyl (C=O) groups excluding carboxylic acids is 1. The van der Waals surface area contributed by atoms with E-state index in [-0.39, 0.29) is 23.0 Å². The lowest BCUT2D eigenvalue weighted by atomic mass is 9.97. The third kappa shape index (κ3) is 4.87. The lowest BCUT2D eigenvalue weighted by Crippen LogP contribution is -2.35. The zero-order valence-electron chi connectivity index (χ0n) is 17.2. The molecule has 1 aliphatic heterocycles. The molecule has 11 heteroatoms. The van der Waals surface area contributed by atoms with Crippen LogP contribution in [-0.2, 0) is 0 Å². The van der Waals surface area contributed by atoms with E-state index in [9.17, 15) is 23.1 Å². The third-order valence-electron chi connectivity index (χ3n) is 5.43. The number of benzene rings is 2. The Balaban J connectivity index is 1.65. The van der Waals surface area contributed by atoms with E-state index < -0.39 is 30.3 Å². The molecule has 1 aliphatic rings. The fourth-order valence-electron chi connectivity index (χ4n) is 3.68. The zero-order chi connectivity index (χ0) is 23.9. The molecule has 33 heavy (non-hydrogen) atoms. The lowest BCUT2D eigenvalue weighted by molar-refractivity contribution is -0.173. The number of hydrogen-bond donors (Lipinski definition) is 3. The van der Waals surface area contributed by atoms with Gasteiger partial charge in [0.1, 0.15) is 10.8 Å². The van der Waals surface area contributed by atoms with E-state index in [4.69, 9.17) is 11.6 Å². The number of fused-ring (bicyclic) bond motifs is 1. The molecule has 3 N–H and O–H groups in total.